The van der Waals surface area contributed by atoms with Crippen LogP contribution in [0.4, 0.5) is 13.2 Å². The molecule has 19 heavy (non-hydrogen) atoms. The number of halogens is 4. The summed E-state index contributed by atoms with van der Waals surface area (Å²) in [4.78, 5) is 7.41. The number of nitrogens with zero attached hydrogens (tertiary/aromatic N) is 3. The largest absolute Gasteiger partial charge is 0.433 e. The van der Waals surface area contributed by atoms with E-state index < -0.39 is 11.9 Å². The minimum absolute atomic E-state index is 0. The molecule has 2 aromatic heterocycles. The molecular weight excluding hydrogens is 301 g/mol. The lowest BCUT2D eigenvalue weighted by Crippen LogP contribution is -2.07. The smallest absolute Gasteiger partial charge is 0.330 e. The van der Waals surface area contributed by atoms with Gasteiger partial charge in [0.2, 0.25) is 0 Å². The van der Waals surface area contributed by atoms with Gasteiger partial charge in [-0.1, -0.05) is 0 Å². The van der Waals surface area contributed by atoms with Gasteiger partial charge in [-0.25, -0.2) is 4.98 Å². The van der Waals surface area contributed by atoms with Gasteiger partial charge in [-0.05, 0) is 30.2 Å². The maximum absolute atomic E-state index is 12.5. The highest BCUT2D eigenvalue weighted by Crippen LogP contribution is 2.29. The first-order chi connectivity index (χ1) is 8.50. The molecule has 0 aliphatic heterocycles. The third-order valence-electron chi connectivity index (χ3n) is 2.13. The minimum atomic E-state index is -4.47. The molecule has 0 atom stereocenters. The first-order valence-electron chi connectivity index (χ1n) is 5.07. The molecule has 0 aliphatic carbocycles. The molecule has 0 spiro atoms. The number of pyridine rings is 1. The fraction of sp³-hybridized carbons (Fsp3) is 0.300. The van der Waals surface area contributed by atoms with Crippen molar-refractivity contribution in [2.45, 2.75) is 12.6 Å². The Balaban J connectivity index is 0.00000180. The third-order valence-corrected chi connectivity index (χ3v) is 2.91. The highest BCUT2D eigenvalue weighted by atomic mass is 35.5. The molecule has 4 nitrogen and oxygen atoms in total. The van der Waals surface area contributed by atoms with Gasteiger partial charge in [0.25, 0.3) is 0 Å². The summed E-state index contributed by atoms with van der Waals surface area (Å²) in [5.41, 5.74) is 4.72. The van der Waals surface area contributed by atoms with Gasteiger partial charge in [0.15, 0.2) is 5.82 Å². The fourth-order valence-electron chi connectivity index (χ4n) is 1.32. The van der Waals surface area contributed by atoms with Crippen molar-refractivity contribution in [3.8, 4) is 11.4 Å². The van der Waals surface area contributed by atoms with Crippen molar-refractivity contribution < 1.29 is 13.2 Å². The highest BCUT2D eigenvalue weighted by Gasteiger charge is 2.32. The van der Waals surface area contributed by atoms with Crippen molar-refractivity contribution >= 4 is 23.9 Å². The van der Waals surface area contributed by atoms with Crippen LogP contribution in [-0.2, 0) is 12.6 Å². The van der Waals surface area contributed by atoms with E-state index in [2.05, 4.69) is 14.3 Å². The molecule has 0 saturated heterocycles. The van der Waals surface area contributed by atoms with Gasteiger partial charge in [0.1, 0.15) is 10.7 Å². The summed E-state index contributed by atoms with van der Waals surface area (Å²) in [6.45, 7) is 0.429. The molecule has 2 N–H and O–H groups in total. The fourth-order valence-corrected chi connectivity index (χ4v) is 2.00. The number of nitrogens with two attached hydrogens (primary N) is 1. The molecule has 0 aromatic carbocycles. The Bertz CT molecular complexity index is 544. The SMILES string of the molecule is Cl.NCCc1nc(-c2ccnc(C(F)(F)F)c2)ns1. The maximum Gasteiger partial charge on any atom is 0.433 e. The van der Waals surface area contributed by atoms with Crippen molar-refractivity contribution in [1.82, 2.24) is 14.3 Å². The Morgan fingerprint density at radius 2 is 2.05 bits per heavy atom. The zero-order chi connectivity index (χ0) is 13.2. The van der Waals surface area contributed by atoms with E-state index >= 15 is 0 Å². The molecule has 0 saturated carbocycles. The molecule has 2 aromatic rings. The average molecular weight is 311 g/mol. The zero-order valence-electron chi connectivity index (χ0n) is 9.52. The van der Waals surface area contributed by atoms with Crippen LogP contribution in [0.2, 0.25) is 0 Å². The summed E-state index contributed by atoms with van der Waals surface area (Å²) < 4.78 is 41.5. The molecular formula is C10H10ClF3N4S. The second kappa shape index (κ2) is 6.27. The molecule has 0 fully saturated rings. The van der Waals surface area contributed by atoms with Crippen LogP contribution in [0, 0.1) is 0 Å². The lowest BCUT2D eigenvalue weighted by Gasteiger charge is -2.05. The number of hydrogen-bond acceptors (Lipinski definition) is 5. The number of rotatable bonds is 3. The van der Waals surface area contributed by atoms with Crippen LogP contribution in [0.5, 0.6) is 0 Å². The first kappa shape index (κ1) is 15.8. The van der Waals surface area contributed by atoms with Crippen molar-refractivity contribution in [3.63, 3.8) is 0 Å². The normalized spacial score (nSPS) is 11.2. The van der Waals surface area contributed by atoms with Crippen LogP contribution in [0.3, 0.4) is 0 Å². The first-order valence-corrected chi connectivity index (χ1v) is 5.84. The van der Waals surface area contributed by atoms with Crippen LogP contribution < -0.4 is 5.73 Å². The zero-order valence-corrected chi connectivity index (χ0v) is 11.1. The highest BCUT2D eigenvalue weighted by molar-refractivity contribution is 7.05. The van der Waals surface area contributed by atoms with E-state index in [1.165, 1.54) is 6.07 Å². The average Bonchev–Trinajstić information content (AvgIpc) is 2.77. The Labute approximate surface area is 117 Å². The standard InChI is InChI=1S/C10H9F3N4S.ClH/c11-10(12,13)7-5-6(2-4-15-7)9-16-8(1-3-14)18-17-9;/h2,4-5H,1,3,14H2;1H. The van der Waals surface area contributed by atoms with E-state index in [1.807, 2.05) is 0 Å². The number of aromatic nitrogens is 3. The van der Waals surface area contributed by atoms with Gasteiger partial charge in [-0.3, -0.25) is 4.98 Å². The summed E-state index contributed by atoms with van der Waals surface area (Å²) in [7, 11) is 0. The molecule has 2 rings (SSSR count). The van der Waals surface area contributed by atoms with Gasteiger partial charge in [-0.2, -0.15) is 17.5 Å². The Morgan fingerprint density at radius 3 is 2.68 bits per heavy atom. The number of hydrogen-bond donors (Lipinski definition) is 1. The summed E-state index contributed by atoms with van der Waals surface area (Å²) >= 11 is 1.14. The number of alkyl halides is 3. The van der Waals surface area contributed by atoms with Crippen molar-refractivity contribution in [2.24, 2.45) is 5.73 Å². The van der Waals surface area contributed by atoms with Crippen molar-refractivity contribution in [3.05, 3.63) is 29.0 Å². The lowest BCUT2D eigenvalue weighted by molar-refractivity contribution is -0.141. The summed E-state index contributed by atoms with van der Waals surface area (Å²) in [6.07, 6.45) is -2.80. The summed E-state index contributed by atoms with van der Waals surface area (Å²) in [5, 5.41) is 0.706. The Morgan fingerprint density at radius 1 is 1.32 bits per heavy atom. The van der Waals surface area contributed by atoms with Gasteiger partial charge in [0, 0.05) is 18.2 Å². The van der Waals surface area contributed by atoms with Gasteiger partial charge < -0.3 is 5.73 Å². The predicted octanol–water partition coefficient (Wildman–Crippen LogP) is 2.54. The summed E-state index contributed by atoms with van der Waals surface area (Å²) in [5.74, 6) is 0.274. The minimum Gasteiger partial charge on any atom is -0.330 e. The van der Waals surface area contributed by atoms with E-state index in [1.54, 1.807) is 0 Å². The molecule has 104 valence electrons. The quantitative estimate of drug-likeness (QED) is 0.946. The molecule has 0 amide bonds. The van der Waals surface area contributed by atoms with Gasteiger partial charge in [0.05, 0.1) is 0 Å². The van der Waals surface area contributed by atoms with E-state index in [0.29, 0.717) is 23.5 Å². The van der Waals surface area contributed by atoms with Gasteiger partial charge >= 0.3 is 6.18 Å². The van der Waals surface area contributed by atoms with E-state index in [-0.39, 0.29) is 18.2 Å². The van der Waals surface area contributed by atoms with Crippen LogP contribution in [-0.4, -0.2) is 20.9 Å². The molecule has 0 unspecified atom stereocenters. The lowest BCUT2D eigenvalue weighted by atomic mass is 10.2. The third kappa shape index (κ3) is 3.85. The van der Waals surface area contributed by atoms with Crippen molar-refractivity contribution in [1.29, 1.82) is 0 Å². The second-order valence-electron chi connectivity index (χ2n) is 3.48. The Hall–Kier alpha value is -1.25. The molecule has 0 aliphatic rings. The Kier molecular flexibility index (Phi) is 5.21. The predicted molar refractivity (Wildman–Crippen MR) is 68.1 cm³/mol. The molecule has 0 bridgehead atoms. The van der Waals surface area contributed by atoms with Gasteiger partial charge in [-0.15, -0.1) is 12.4 Å². The van der Waals surface area contributed by atoms with Crippen LogP contribution in [0.25, 0.3) is 11.4 Å². The second-order valence-corrected chi connectivity index (χ2v) is 4.31. The summed E-state index contributed by atoms with van der Waals surface area (Å²) in [6, 6.07) is 2.39. The van der Waals surface area contributed by atoms with E-state index in [0.717, 1.165) is 23.8 Å². The van der Waals surface area contributed by atoms with E-state index in [9.17, 15) is 13.2 Å². The van der Waals surface area contributed by atoms with Crippen LogP contribution >= 0.6 is 23.9 Å². The monoisotopic (exact) mass is 310 g/mol. The van der Waals surface area contributed by atoms with E-state index in [4.69, 9.17) is 5.73 Å². The molecule has 2 heterocycles. The van der Waals surface area contributed by atoms with Crippen LogP contribution in [0.1, 0.15) is 10.7 Å². The molecule has 0 radical (unpaired) electrons. The maximum atomic E-state index is 12.5. The van der Waals surface area contributed by atoms with Crippen molar-refractivity contribution in [2.75, 3.05) is 6.54 Å². The topological polar surface area (TPSA) is 64.7 Å². The molecule has 9 heteroatoms. The van der Waals surface area contributed by atoms with Crippen LogP contribution in [0.15, 0.2) is 18.3 Å².